The fourth-order valence-electron chi connectivity index (χ4n) is 2.49. The lowest BCUT2D eigenvalue weighted by Gasteiger charge is -2.15. The topological polar surface area (TPSA) is 105 Å². The molecule has 0 aliphatic heterocycles. The number of aryl methyl sites for hydroxylation is 1. The summed E-state index contributed by atoms with van der Waals surface area (Å²) >= 11 is 5.59. The van der Waals surface area contributed by atoms with Crippen LogP contribution in [0.25, 0.3) is 0 Å². The number of hydrogen-bond donors (Lipinski definition) is 2. The highest BCUT2D eigenvalue weighted by Gasteiger charge is 2.28. The van der Waals surface area contributed by atoms with E-state index in [1.54, 1.807) is 0 Å². The monoisotopic (exact) mass is 381 g/mol. The van der Waals surface area contributed by atoms with Crippen molar-refractivity contribution in [3.8, 4) is 0 Å². The number of carboxylic acid groups (broad SMARTS) is 1. The maximum atomic E-state index is 13.5. The van der Waals surface area contributed by atoms with E-state index in [2.05, 4.69) is 15.5 Å². The molecule has 0 spiro atoms. The number of halogens is 2. The van der Waals surface area contributed by atoms with Crippen LogP contribution in [0.4, 0.5) is 4.39 Å². The first kappa shape index (κ1) is 18.3. The van der Waals surface area contributed by atoms with Gasteiger partial charge in [-0.15, -0.1) is 0 Å². The Bertz CT molecular complexity index is 822. The van der Waals surface area contributed by atoms with Gasteiger partial charge >= 0.3 is 5.97 Å². The fourth-order valence-corrected chi connectivity index (χ4v) is 2.61. The van der Waals surface area contributed by atoms with Crippen LogP contribution in [0.2, 0.25) is 5.02 Å². The van der Waals surface area contributed by atoms with Crippen molar-refractivity contribution < 1.29 is 23.6 Å². The number of hydrogen-bond acceptors (Lipinski definition) is 5. The first-order chi connectivity index (χ1) is 12.4. The summed E-state index contributed by atoms with van der Waals surface area (Å²) < 4.78 is 18.7. The van der Waals surface area contributed by atoms with Crippen molar-refractivity contribution >= 4 is 23.5 Å². The summed E-state index contributed by atoms with van der Waals surface area (Å²) in [6.07, 6.45) is 3.09. The molecule has 1 aromatic carbocycles. The van der Waals surface area contributed by atoms with Gasteiger partial charge < -0.3 is 14.9 Å². The Morgan fingerprint density at radius 1 is 1.42 bits per heavy atom. The first-order valence-electron chi connectivity index (χ1n) is 8.23. The molecule has 0 saturated heterocycles. The predicted octanol–water partition coefficient (Wildman–Crippen LogP) is 3.00. The highest BCUT2D eigenvalue weighted by Crippen LogP contribution is 2.38. The van der Waals surface area contributed by atoms with Gasteiger partial charge in [-0.05, 0) is 37.0 Å². The Morgan fingerprint density at radius 3 is 2.85 bits per heavy atom. The fraction of sp³-hybridized carbons (Fsp3) is 0.412. The highest BCUT2D eigenvalue weighted by atomic mass is 35.5. The molecule has 1 aromatic heterocycles. The smallest absolute Gasteiger partial charge is 0.330 e. The second-order valence-corrected chi connectivity index (χ2v) is 6.59. The van der Waals surface area contributed by atoms with Gasteiger partial charge in [0.2, 0.25) is 11.8 Å². The van der Waals surface area contributed by atoms with Crippen LogP contribution in [0, 0.1) is 5.82 Å². The Kier molecular flexibility index (Phi) is 5.51. The lowest BCUT2D eigenvalue weighted by molar-refractivity contribution is -0.142. The molecule has 3 rings (SSSR count). The zero-order valence-electron chi connectivity index (χ0n) is 13.7. The van der Waals surface area contributed by atoms with Crippen molar-refractivity contribution in [1.82, 2.24) is 15.5 Å². The molecule has 1 aliphatic carbocycles. The summed E-state index contributed by atoms with van der Waals surface area (Å²) in [6.45, 7) is 0. The van der Waals surface area contributed by atoms with Gasteiger partial charge in [0, 0.05) is 18.8 Å². The number of carboxylic acids is 1. The number of aromatic nitrogens is 2. The summed E-state index contributed by atoms with van der Waals surface area (Å²) in [7, 11) is 0. The quantitative estimate of drug-likeness (QED) is 0.728. The predicted molar refractivity (Wildman–Crippen MR) is 89.1 cm³/mol. The van der Waals surface area contributed by atoms with Gasteiger partial charge in [0.1, 0.15) is 5.82 Å². The van der Waals surface area contributed by atoms with Crippen molar-refractivity contribution in [2.45, 2.75) is 44.1 Å². The van der Waals surface area contributed by atoms with Crippen molar-refractivity contribution in [3.63, 3.8) is 0 Å². The van der Waals surface area contributed by atoms with E-state index in [0.29, 0.717) is 30.5 Å². The second kappa shape index (κ2) is 7.82. The number of carbonyl (C=O) groups excluding carboxylic acids is 1. The zero-order valence-corrected chi connectivity index (χ0v) is 14.5. The summed E-state index contributed by atoms with van der Waals surface area (Å²) in [5.41, 5.74) is 0.110. The molecule has 1 heterocycles. The summed E-state index contributed by atoms with van der Waals surface area (Å²) in [6, 6.07) is 2.27. The van der Waals surface area contributed by atoms with Crippen molar-refractivity contribution in [1.29, 1.82) is 0 Å². The van der Waals surface area contributed by atoms with Crippen molar-refractivity contribution in [2.24, 2.45) is 0 Å². The molecule has 1 aliphatic rings. The van der Waals surface area contributed by atoms with Crippen molar-refractivity contribution in [3.05, 3.63) is 46.3 Å². The molecule has 26 heavy (non-hydrogen) atoms. The average Bonchev–Trinajstić information content (AvgIpc) is 3.34. The SMILES string of the molecule is O=C(CCCc1nc(C2CC2)no1)NC(C(=O)O)c1ccc(Cl)c(F)c1. The summed E-state index contributed by atoms with van der Waals surface area (Å²) in [5, 5.41) is 15.5. The van der Waals surface area contributed by atoms with E-state index < -0.39 is 23.7 Å². The number of benzene rings is 1. The number of carbonyl (C=O) groups is 2. The number of rotatable bonds is 8. The minimum absolute atomic E-state index is 0.0843. The normalized spacial score (nSPS) is 14.8. The Morgan fingerprint density at radius 2 is 2.19 bits per heavy atom. The maximum Gasteiger partial charge on any atom is 0.330 e. The molecule has 1 fully saturated rings. The van der Waals surface area contributed by atoms with Gasteiger partial charge in [-0.3, -0.25) is 4.79 Å². The standard InChI is InChI=1S/C17H17ClFN3O4/c18-11-7-6-10(8-12(11)19)15(17(24)25)20-13(23)2-1-3-14-21-16(22-26-14)9-4-5-9/h6-9,15H,1-5H2,(H,20,23)(H,24,25). The number of amides is 1. The molecule has 0 radical (unpaired) electrons. The van der Waals surface area contributed by atoms with Crippen LogP contribution in [0.3, 0.4) is 0 Å². The second-order valence-electron chi connectivity index (χ2n) is 6.19. The van der Waals surface area contributed by atoms with E-state index in [0.717, 1.165) is 18.9 Å². The minimum atomic E-state index is -1.35. The van der Waals surface area contributed by atoms with E-state index in [1.807, 2.05) is 0 Å². The van der Waals surface area contributed by atoms with Gasteiger partial charge in [-0.2, -0.15) is 4.98 Å². The number of nitrogens with one attached hydrogen (secondary N) is 1. The molecule has 7 nitrogen and oxygen atoms in total. The van der Waals surface area contributed by atoms with E-state index in [-0.39, 0.29) is 17.0 Å². The third kappa shape index (κ3) is 4.57. The van der Waals surface area contributed by atoms with E-state index in [9.17, 15) is 19.1 Å². The molecular formula is C17H17ClFN3O4. The molecule has 1 atom stereocenters. The molecule has 0 bridgehead atoms. The van der Waals surface area contributed by atoms with Crippen LogP contribution in [-0.2, 0) is 16.0 Å². The molecule has 1 saturated carbocycles. The average molecular weight is 382 g/mol. The molecule has 9 heteroatoms. The first-order valence-corrected chi connectivity index (χ1v) is 8.61. The van der Waals surface area contributed by atoms with Crippen molar-refractivity contribution in [2.75, 3.05) is 0 Å². The highest BCUT2D eigenvalue weighted by molar-refractivity contribution is 6.30. The molecular weight excluding hydrogens is 365 g/mol. The third-order valence-corrected chi connectivity index (χ3v) is 4.36. The van der Waals surface area contributed by atoms with Crippen LogP contribution in [0.1, 0.15) is 54.9 Å². The van der Waals surface area contributed by atoms with Gasteiger partial charge in [0.05, 0.1) is 5.02 Å². The molecule has 1 amide bonds. The zero-order chi connectivity index (χ0) is 18.7. The lowest BCUT2D eigenvalue weighted by Crippen LogP contribution is -2.33. The largest absolute Gasteiger partial charge is 0.479 e. The minimum Gasteiger partial charge on any atom is -0.479 e. The Balaban J connectivity index is 1.52. The Hall–Kier alpha value is -2.48. The Labute approximate surface area is 153 Å². The molecule has 1 unspecified atom stereocenters. The van der Waals surface area contributed by atoms with E-state index in [1.165, 1.54) is 12.1 Å². The van der Waals surface area contributed by atoms with Crippen LogP contribution in [0.5, 0.6) is 0 Å². The van der Waals surface area contributed by atoms with E-state index >= 15 is 0 Å². The number of nitrogens with zero attached hydrogens (tertiary/aromatic N) is 2. The summed E-state index contributed by atoms with van der Waals surface area (Å²) in [5.74, 6) is -0.922. The van der Waals surface area contributed by atoms with Gasteiger partial charge in [-0.1, -0.05) is 22.8 Å². The van der Waals surface area contributed by atoms with E-state index in [4.69, 9.17) is 16.1 Å². The van der Waals surface area contributed by atoms with Crippen LogP contribution < -0.4 is 5.32 Å². The lowest BCUT2D eigenvalue weighted by atomic mass is 10.1. The molecule has 2 aromatic rings. The van der Waals surface area contributed by atoms with Crippen LogP contribution in [0.15, 0.2) is 22.7 Å². The number of aliphatic carboxylic acids is 1. The van der Waals surface area contributed by atoms with Gasteiger partial charge in [0.15, 0.2) is 11.9 Å². The summed E-state index contributed by atoms with van der Waals surface area (Å²) in [4.78, 5) is 27.7. The molecule has 2 N–H and O–H groups in total. The molecule has 138 valence electrons. The third-order valence-electron chi connectivity index (χ3n) is 4.05. The van der Waals surface area contributed by atoms with Crippen LogP contribution in [-0.4, -0.2) is 27.1 Å². The maximum absolute atomic E-state index is 13.5. The van der Waals surface area contributed by atoms with Crippen LogP contribution >= 0.6 is 11.6 Å². The van der Waals surface area contributed by atoms with Gasteiger partial charge in [0.25, 0.3) is 0 Å². The van der Waals surface area contributed by atoms with Gasteiger partial charge in [-0.25, -0.2) is 9.18 Å².